The highest BCUT2D eigenvalue weighted by molar-refractivity contribution is 8.00. The minimum Gasteiger partial charge on any atom is -0.454 e. The number of carbonyl (C=O) groups is 3. The van der Waals surface area contributed by atoms with Gasteiger partial charge in [0.15, 0.2) is 18.1 Å². The molecular weight excluding hydrogens is 463 g/mol. The lowest BCUT2D eigenvalue weighted by atomic mass is 10.2. The largest absolute Gasteiger partial charge is 0.454 e. The smallest absolute Gasteiger partial charge is 0.339 e. The average Bonchev–Trinajstić information content (AvgIpc) is 3.31. The van der Waals surface area contributed by atoms with Crippen molar-refractivity contribution in [3.63, 3.8) is 0 Å². The van der Waals surface area contributed by atoms with Crippen molar-refractivity contribution < 1.29 is 33.0 Å². The molecular formula is C24H19FN2O6S. The van der Waals surface area contributed by atoms with Gasteiger partial charge in [0.05, 0.1) is 11.3 Å². The van der Waals surface area contributed by atoms with Crippen molar-refractivity contribution in [2.45, 2.75) is 4.90 Å². The molecule has 1 aliphatic rings. The molecule has 2 amide bonds. The van der Waals surface area contributed by atoms with Gasteiger partial charge in [-0.25, -0.2) is 9.18 Å². The Hall–Kier alpha value is -4.05. The number of amides is 2. The van der Waals surface area contributed by atoms with Gasteiger partial charge in [0, 0.05) is 22.3 Å². The van der Waals surface area contributed by atoms with Crippen molar-refractivity contribution in [1.82, 2.24) is 0 Å². The summed E-state index contributed by atoms with van der Waals surface area (Å²) in [5.41, 5.74) is 1.18. The van der Waals surface area contributed by atoms with E-state index in [1.54, 1.807) is 42.5 Å². The van der Waals surface area contributed by atoms with Crippen LogP contribution < -0.4 is 20.1 Å². The second kappa shape index (κ2) is 10.7. The fourth-order valence-corrected chi connectivity index (χ4v) is 3.86. The number of carbonyl (C=O) groups excluding carboxylic acids is 3. The molecule has 0 aliphatic carbocycles. The molecule has 3 aromatic carbocycles. The van der Waals surface area contributed by atoms with Crippen molar-refractivity contribution in [3.05, 3.63) is 78.1 Å². The van der Waals surface area contributed by atoms with Crippen molar-refractivity contribution in [3.8, 4) is 11.5 Å². The summed E-state index contributed by atoms with van der Waals surface area (Å²) >= 11 is 1.16. The molecule has 34 heavy (non-hydrogen) atoms. The molecule has 0 fully saturated rings. The van der Waals surface area contributed by atoms with Crippen LogP contribution >= 0.6 is 11.8 Å². The van der Waals surface area contributed by atoms with Gasteiger partial charge >= 0.3 is 5.97 Å². The van der Waals surface area contributed by atoms with E-state index in [2.05, 4.69) is 10.6 Å². The van der Waals surface area contributed by atoms with Gasteiger partial charge in [-0.3, -0.25) is 9.59 Å². The molecule has 3 aromatic rings. The van der Waals surface area contributed by atoms with E-state index in [-0.39, 0.29) is 24.0 Å². The van der Waals surface area contributed by atoms with Crippen LogP contribution in [0.5, 0.6) is 11.5 Å². The summed E-state index contributed by atoms with van der Waals surface area (Å²) < 4.78 is 28.6. The molecule has 0 spiro atoms. The molecule has 8 nitrogen and oxygen atoms in total. The Bertz CT molecular complexity index is 1220. The molecule has 2 N–H and O–H groups in total. The standard InChI is InChI=1S/C24H19FN2O6S/c25-15-5-7-16(8-6-15)26-22(28)12-31-24(30)18-3-1-2-4-21(18)34-13-23(29)27-17-9-10-19-20(11-17)33-14-32-19/h1-11H,12-14H2,(H,26,28)(H,27,29). The lowest BCUT2D eigenvalue weighted by molar-refractivity contribution is -0.119. The van der Waals surface area contributed by atoms with Gasteiger partial charge in [0.1, 0.15) is 5.82 Å². The van der Waals surface area contributed by atoms with Gasteiger partial charge in [-0.2, -0.15) is 0 Å². The maximum absolute atomic E-state index is 13.0. The van der Waals surface area contributed by atoms with Crippen molar-refractivity contribution in [1.29, 1.82) is 0 Å². The predicted octanol–water partition coefficient (Wildman–Crippen LogP) is 4.08. The maximum atomic E-state index is 13.0. The highest BCUT2D eigenvalue weighted by Gasteiger charge is 2.17. The molecule has 0 bridgehead atoms. The number of halogens is 1. The monoisotopic (exact) mass is 482 g/mol. The van der Waals surface area contributed by atoms with Crippen LogP contribution in [0.4, 0.5) is 15.8 Å². The number of ether oxygens (including phenoxy) is 3. The van der Waals surface area contributed by atoms with Gasteiger partial charge in [0.2, 0.25) is 12.7 Å². The van der Waals surface area contributed by atoms with E-state index in [4.69, 9.17) is 14.2 Å². The minimum atomic E-state index is -0.700. The van der Waals surface area contributed by atoms with Crippen LogP contribution in [0.15, 0.2) is 71.6 Å². The third-order valence-corrected chi connectivity index (χ3v) is 5.66. The molecule has 0 saturated heterocycles. The Kier molecular flexibility index (Phi) is 7.28. The lowest BCUT2D eigenvalue weighted by Crippen LogP contribution is -2.21. The summed E-state index contributed by atoms with van der Waals surface area (Å²) in [4.78, 5) is 37.5. The topological polar surface area (TPSA) is 103 Å². The average molecular weight is 482 g/mol. The first-order valence-electron chi connectivity index (χ1n) is 10.1. The minimum absolute atomic E-state index is 0.0454. The van der Waals surface area contributed by atoms with E-state index in [0.717, 1.165) is 11.8 Å². The molecule has 0 unspecified atom stereocenters. The fourth-order valence-electron chi connectivity index (χ4n) is 3.01. The molecule has 0 atom stereocenters. The van der Waals surface area contributed by atoms with Crippen molar-refractivity contribution in [2.75, 3.05) is 29.8 Å². The molecule has 174 valence electrons. The molecule has 0 radical (unpaired) electrons. The fraction of sp³-hybridized carbons (Fsp3) is 0.125. The highest BCUT2D eigenvalue weighted by Crippen LogP contribution is 2.34. The van der Waals surface area contributed by atoms with E-state index < -0.39 is 24.3 Å². The van der Waals surface area contributed by atoms with Gasteiger partial charge < -0.3 is 24.8 Å². The van der Waals surface area contributed by atoms with Crippen LogP contribution in [0.2, 0.25) is 0 Å². The summed E-state index contributed by atoms with van der Waals surface area (Å²) in [6.07, 6.45) is 0. The Morgan fingerprint density at radius 3 is 2.41 bits per heavy atom. The van der Waals surface area contributed by atoms with Gasteiger partial charge in [-0.1, -0.05) is 12.1 Å². The van der Waals surface area contributed by atoms with Crippen LogP contribution in [-0.2, 0) is 14.3 Å². The Balaban J connectivity index is 1.29. The second-order valence-electron chi connectivity index (χ2n) is 7.03. The molecule has 1 heterocycles. The van der Waals surface area contributed by atoms with E-state index >= 15 is 0 Å². The number of anilines is 2. The number of hydrogen-bond acceptors (Lipinski definition) is 7. The zero-order valence-corrected chi connectivity index (χ0v) is 18.5. The summed E-state index contributed by atoms with van der Waals surface area (Å²) in [5, 5.41) is 5.28. The first-order valence-corrected chi connectivity index (χ1v) is 11.1. The zero-order chi connectivity index (χ0) is 23.9. The molecule has 0 saturated carbocycles. The third-order valence-electron chi connectivity index (χ3n) is 4.58. The zero-order valence-electron chi connectivity index (χ0n) is 17.7. The molecule has 1 aliphatic heterocycles. The molecule has 4 rings (SSSR count). The number of nitrogens with one attached hydrogen (secondary N) is 2. The molecule has 10 heteroatoms. The van der Waals surface area contributed by atoms with Crippen LogP contribution in [0, 0.1) is 5.82 Å². The first kappa shape index (κ1) is 23.1. The van der Waals surface area contributed by atoms with Crippen LogP contribution in [0.3, 0.4) is 0 Å². The third kappa shape index (κ3) is 6.04. The lowest BCUT2D eigenvalue weighted by Gasteiger charge is -2.10. The van der Waals surface area contributed by atoms with Gasteiger partial charge in [-0.05, 0) is 48.5 Å². The Labute approximate surface area is 198 Å². The van der Waals surface area contributed by atoms with E-state index in [0.29, 0.717) is 27.8 Å². The predicted molar refractivity (Wildman–Crippen MR) is 124 cm³/mol. The van der Waals surface area contributed by atoms with Gasteiger partial charge in [-0.15, -0.1) is 11.8 Å². The van der Waals surface area contributed by atoms with Gasteiger partial charge in [0.25, 0.3) is 5.91 Å². The number of benzene rings is 3. The Morgan fingerprint density at radius 2 is 1.59 bits per heavy atom. The van der Waals surface area contributed by atoms with Crippen molar-refractivity contribution in [2.24, 2.45) is 0 Å². The van der Waals surface area contributed by atoms with E-state index in [9.17, 15) is 18.8 Å². The highest BCUT2D eigenvalue weighted by atomic mass is 32.2. The number of rotatable bonds is 8. The number of thioether (sulfide) groups is 1. The molecule has 0 aromatic heterocycles. The summed E-state index contributed by atoms with van der Waals surface area (Å²) in [5.74, 6) is -0.743. The van der Waals surface area contributed by atoms with Crippen LogP contribution in [-0.4, -0.2) is 36.9 Å². The normalized spacial score (nSPS) is 11.6. The van der Waals surface area contributed by atoms with Crippen LogP contribution in [0.1, 0.15) is 10.4 Å². The quantitative estimate of drug-likeness (QED) is 0.368. The summed E-state index contributed by atoms with van der Waals surface area (Å²) in [6, 6.07) is 16.9. The SMILES string of the molecule is O=C(COC(=O)c1ccccc1SCC(=O)Nc1ccc2c(c1)OCO2)Nc1ccc(F)cc1. The van der Waals surface area contributed by atoms with Crippen LogP contribution in [0.25, 0.3) is 0 Å². The maximum Gasteiger partial charge on any atom is 0.339 e. The van der Waals surface area contributed by atoms with E-state index in [1.165, 1.54) is 24.3 Å². The first-order chi connectivity index (χ1) is 16.5. The number of esters is 1. The van der Waals surface area contributed by atoms with E-state index in [1.807, 2.05) is 0 Å². The second-order valence-corrected chi connectivity index (χ2v) is 8.05. The number of fused-ring (bicyclic) bond motifs is 1. The summed E-state index contributed by atoms with van der Waals surface area (Å²) in [6.45, 7) is -0.372. The number of hydrogen-bond donors (Lipinski definition) is 2. The Morgan fingerprint density at radius 1 is 0.882 bits per heavy atom. The summed E-state index contributed by atoms with van der Waals surface area (Å²) in [7, 11) is 0. The van der Waals surface area contributed by atoms with Crippen molar-refractivity contribution >= 4 is 40.9 Å².